The molecule has 20 heavy (non-hydrogen) atoms. The summed E-state index contributed by atoms with van der Waals surface area (Å²) in [6.07, 6.45) is 0. The Morgan fingerprint density at radius 2 is 1.90 bits per heavy atom. The molecule has 0 spiro atoms. The first kappa shape index (κ1) is 15.2. The number of para-hydroxylation sites is 2. The summed E-state index contributed by atoms with van der Waals surface area (Å²) >= 11 is 7.59. The Balaban J connectivity index is 2.08. The number of hydrogen-bond donors (Lipinski definition) is 1. The molecule has 0 saturated heterocycles. The molecule has 0 aliphatic heterocycles. The number of halogens is 1. The number of thiophene rings is 1. The molecule has 0 fully saturated rings. The third-order valence-electron chi connectivity index (χ3n) is 2.85. The van der Waals surface area contributed by atoms with E-state index in [0.29, 0.717) is 5.92 Å². The lowest BCUT2D eigenvalue weighted by Crippen LogP contribution is -2.09. The van der Waals surface area contributed by atoms with Gasteiger partial charge in [-0.1, -0.05) is 37.6 Å². The number of ether oxygens (including phenoxy) is 1. The second kappa shape index (κ2) is 7.00. The van der Waals surface area contributed by atoms with Gasteiger partial charge in [0.2, 0.25) is 0 Å². The largest absolute Gasteiger partial charge is 0.491 e. The molecule has 0 saturated carbocycles. The lowest BCUT2D eigenvalue weighted by atomic mass is 10.2. The molecule has 1 atom stereocenters. The molecule has 0 radical (unpaired) electrons. The number of rotatable bonds is 6. The van der Waals surface area contributed by atoms with E-state index in [2.05, 4.69) is 32.2 Å². The van der Waals surface area contributed by atoms with Gasteiger partial charge >= 0.3 is 0 Å². The lowest BCUT2D eigenvalue weighted by Gasteiger charge is -2.18. The molecular weight excluding hydrogens is 290 g/mol. The smallest absolute Gasteiger partial charge is 0.142 e. The van der Waals surface area contributed by atoms with Crippen LogP contribution in [0.1, 0.15) is 31.7 Å². The molecule has 4 heteroatoms. The fraction of sp³-hybridized carbons (Fsp3) is 0.375. The fourth-order valence-electron chi connectivity index (χ4n) is 1.83. The number of anilines is 1. The summed E-state index contributed by atoms with van der Waals surface area (Å²) in [7, 11) is 0. The summed E-state index contributed by atoms with van der Waals surface area (Å²) < 4.78 is 6.67. The number of nitrogens with one attached hydrogen (secondary N) is 1. The fourth-order valence-corrected chi connectivity index (χ4v) is 2.90. The first-order valence-corrected chi connectivity index (χ1v) is 7.99. The third kappa shape index (κ3) is 4.15. The highest BCUT2D eigenvalue weighted by Crippen LogP contribution is 2.32. The van der Waals surface area contributed by atoms with Crippen molar-refractivity contribution in [3.8, 4) is 5.75 Å². The molecule has 108 valence electrons. The highest BCUT2D eigenvalue weighted by Gasteiger charge is 2.11. The van der Waals surface area contributed by atoms with Crippen LogP contribution in [0.3, 0.4) is 0 Å². The quantitative estimate of drug-likeness (QED) is 0.749. The van der Waals surface area contributed by atoms with E-state index in [1.54, 1.807) is 11.3 Å². The highest BCUT2D eigenvalue weighted by molar-refractivity contribution is 7.16. The zero-order valence-electron chi connectivity index (χ0n) is 12.0. The van der Waals surface area contributed by atoms with E-state index in [1.807, 2.05) is 30.3 Å². The van der Waals surface area contributed by atoms with Gasteiger partial charge in [0.1, 0.15) is 5.75 Å². The lowest BCUT2D eigenvalue weighted by molar-refractivity contribution is 0.272. The van der Waals surface area contributed by atoms with E-state index < -0.39 is 0 Å². The van der Waals surface area contributed by atoms with Crippen LogP contribution in [0, 0.1) is 5.92 Å². The predicted molar refractivity (Wildman–Crippen MR) is 88.1 cm³/mol. The Morgan fingerprint density at radius 1 is 1.15 bits per heavy atom. The van der Waals surface area contributed by atoms with Gasteiger partial charge in [0.15, 0.2) is 0 Å². The molecule has 1 aromatic heterocycles. The molecule has 2 rings (SSSR count). The van der Waals surface area contributed by atoms with E-state index in [1.165, 1.54) is 4.88 Å². The Morgan fingerprint density at radius 3 is 2.55 bits per heavy atom. The predicted octanol–water partition coefficient (Wildman–Crippen LogP) is 5.61. The van der Waals surface area contributed by atoms with Gasteiger partial charge in [-0.15, -0.1) is 11.3 Å². The Hall–Kier alpha value is -1.19. The minimum absolute atomic E-state index is 0.205. The van der Waals surface area contributed by atoms with E-state index in [4.69, 9.17) is 16.3 Å². The summed E-state index contributed by atoms with van der Waals surface area (Å²) in [6, 6.07) is 12.2. The first-order chi connectivity index (χ1) is 9.56. The monoisotopic (exact) mass is 309 g/mol. The van der Waals surface area contributed by atoms with E-state index in [-0.39, 0.29) is 6.04 Å². The van der Waals surface area contributed by atoms with Gasteiger partial charge in [0, 0.05) is 4.88 Å². The van der Waals surface area contributed by atoms with Gasteiger partial charge in [-0.25, -0.2) is 0 Å². The maximum atomic E-state index is 5.99. The highest BCUT2D eigenvalue weighted by atomic mass is 35.5. The van der Waals surface area contributed by atoms with Crippen LogP contribution in [-0.4, -0.2) is 6.61 Å². The van der Waals surface area contributed by atoms with Crippen molar-refractivity contribution in [2.24, 2.45) is 5.92 Å². The summed E-state index contributed by atoms with van der Waals surface area (Å²) in [6.45, 7) is 7.14. The van der Waals surface area contributed by atoms with Crippen LogP contribution in [0.15, 0.2) is 36.4 Å². The second-order valence-corrected chi connectivity index (χ2v) is 6.96. The molecule has 1 heterocycles. The Labute approximate surface area is 129 Å². The molecule has 0 bridgehead atoms. The molecule has 1 unspecified atom stereocenters. The molecule has 0 aliphatic rings. The third-order valence-corrected chi connectivity index (χ3v) is 4.27. The Kier molecular flexibility index (Phi) is 5.32. The van der Waals surface area contributed by atoms with Crippen molar-refractivity contribution >= 4 is 28.6 Å². The SMILES string of the molecule is CC(C)COc1ccccc1NC(C)c1ccc(Cl)s1. The summed E-state index contributed by atoms with van der Waals surface area (Å²) in [5.74, 6) is 1.41. The van der Waals surface area contributed by atoms with Crippen LogP contribution in [-0.2, 0) is 0 Å². The van der Waals surface area contributed by atoms with Crippen LogP contribution in [0.4, 0.5) is 5.69 Å². The second-order valence-electron chi connectivity index (χ2n) is 5.21. The first-order valence-electron chi connectivity index (χ1n) is 6.80. The van der Waals surface area contributed by atoms with Crippen LogP contribution in [0.5, 0.6) is 5.75 Å². The maximum absolute atomic E-state index is 5.99. The Bertz CT molecular complexity index is 553. The van der Waals surface area contributed by atoms with Gasteiger partial charge in [-0.3, -0.25) is 0 Å². The van der Waals surface area contributed by atoms with Gasteiger partial charge in [0.25, 0.3) is 0 Å². The molecule has 0 amide bonds. The molecule has 2 nitrogen and oxygen atoms in total. The van der Waals surface area contributed by atoms with Crippen molar-refractivity contribution in [2.45, 2.75) is 26.8 Å². The van der Waals surface area contributed by atoms with Gasteiger partial charge in [-0.2, -0.15) is 0 Å². The molecule has 1 aromatic carbocycles. The van der Waals surface area contributed by atoms with E-state index >= 15 is 0 Å². The van der Waals surface area contributed by atoms with E-state index in [9.17, 15) is 0 Å². The van der Waals surface area contributed by atoms with Crippen molar-refractivity contribution in [1.82, 2.24) is 0 Å². The molecule has 1 N–H and O–H groups in total. The van der Waals surface area contributed by atoms with Crippen molar-refractivity contribution in [2.75, 3.05) is 11.9 Å². The summed E-state index contributed by atoms with van der Waals surface area (Å²) in [4.78, 5) is 1.22. The summed E-state index contributed by atoms with van der Waals surface area (Å²) in [5.41, 5.74) is 1.02. The minimum atomic E-state index is 0.205. The number of hydrogen-bond acceptors (Lipinski definition) is 3. The standard InChI is InChI=1S/C16H20ClNOS/c1-11(2)10-19-14-7-5-4-6-13(14)18-12(3)15-8-9-16(17)20-15/h4-9,11-12,18H,10H2,1-3H3. The van der Waals surface area contributed by atoms with Gasteiger partial charge in [-0.05, 0) is 37.1 Å². The van der Waals surface area contributed by atoms with Crippen molar-refractivity contribution in [3.63, 3.8) is 0 Å². The number of benzene rings is 1. The average Bonchev–Trinajstić information content (AvgIpc) is 2.84. The van der Waals surface area contributed by atoms with Crippen molar-refractivity contribution < 1.29 is 4.74 Å². The van der Waals surface area contributed by atoms with Gasteiger partial charge in [0.05, 0.1) is 22.7 Å². The molecule has 0 aliphatic carbocycles. The zero-order valence-corrected chi connectivity index (χ0v) is 13.6. The minimum Gasteiger partial charge on any atom is -0.491 e. The maximum Gasteiger partial charge on any atom is 0.142 e. The molecular formula is C16H20ClNOS. The van der Waals surface area contributed by atoms with Crippen molar-refractivity contribution in [1.29, 1.82) is 0 Å². The van der Waals surface area contributed by atoms with Crippen LogP contribution < -0.4 is 10.1 Å². The molecule has 2 aromatic rings. The van der Waals surface area contributed by atoms with Crippen LogP contribution in [0.25, 0.3) is 0 Å². The summed E-state index contributed by atoms with van der Waals surface area (Å²) in [5, 5.41) is 3.49. The average molecular weight is 310 g/mol. The topological polar surface area (TPSA) is 21.3 Å². The normalized spacial score (nSPS) is 12.4. The van der Waals surface area contributed by atoms with Crippen molar-refractivity contribution in [3.05, 3.63) is 45.6 Å². The van der Waals surface area contributed by atoms with E-state index in [0.717, 1.165) is 22.4 Å². The zero-order chi connectivity index (χ0) is 14.5. The van der Waals surface area contributed by atoms with Crippen LogP contribution in [0.2, 0.25) is 4.34 Å². The van der Waals surface area contributed by atoms with Crippen LogP contribution >= 0.6 is 22.9 Å². The van der Waals surface area contributed by atoms with Gasteiger partial charge < -0.3 is 10.1 Å².